The Hall–Kier alpha value is -5.86. The van der Waals surface area contributed by atoms with Crippen LogP contribution in [0.5, 0.6) is 0 Å². The molecule has 0 atom stereocenters. The Kier molecular flexibility index (Phi) is 6.20. The highest BCUT2D eigenvalue weighted by Gasteiger charge is 2.36. The van der Waals surface area contributed by atoms with Crippen molar-refractivity contribution in [3.63, 3.8) is 0 Å². The van der Waals surface area contributed by atoms with Crippen molar-refractivity contribution < 1.29 is 0 Å². The lowest BCUT2D eigenvalue weighted by Crippen LogP contribution is -2.14. The molecule has 0 radical (unpaired) electrons. The number of rotatable bonds is 4. The maximum atomic E-state index is 4.94. The summed E-state index contributed by atoms with van der Waals surface area (Å²) in [4.78, 5) is 9.49. The van der Waals surface area contributed by atoms with Crippen LogP contribution in [0.4, 0.5) is 0 Å². The molecule has 9 rings (SSSR count). The summed E-state index contributed by atoms with van der Waals surface area (Å²) in [6.45, 7) is 4.72. The lowest BCUT2D eigenvalue weighted by molar-refractivity contribution is 0.661. The normalized spacial score (nSPS) is 13.1. The van der Waals surface area contributed by atoms with Crippen molar-refractivity contribution in [3.05, 3.63) is 169 Å². The molecule has 2 aromatic heterocycles. The number of pyridine rings is 2. The molecule has 2 heterocycles. The maximum Gasteiger partial charge on any atom is 0.0886 e. The molecule has 0 N–H and O–H groups in total. The molecule has 1 aliphatic carbocycles. The standard InChI is InChI=1S/C45H32N2/c1-45(2)39-21-11-10-17-32(39)36-26-37-38(27-40(36)45)43(30-23-24-42(47-28-30)41-22-12-13-25-46-41)34-19-8-9-20-35(34)44(37)33-18-7-6-16-31(33)29-14-4-3-5-15-29/h3-28H,1-2H3. The second-order valence-electron chi connectivity index (χ2n) is 13.0. The quantitative estimate of drug-likeness (QED) is 0.188. The van der Waals surface area contributed by atoms with Gasteiger partial charge in [0.1, 0.15) is 0 Å². The van der Waals surface area contributed by atoms with E-state index in [1.807, 2.05) is 30.6 Å². The molecule has 1 aliphatic rings. The summed E-state index contributed by atoms with van der Waals surface area (Å²) in [6, 6.07) is 52.6. The van der Waals surface area contributed by atoms with E-state index < -0.39 is 0 Å². The van der Waals surface area contributed by atoms with Crippen LogP contribution in [-0.4, -0.2) is 9.97 Å². The summed E-state index contributed by atoms with van der Waals surface area (Å²) in [7, 11) is 0. The average Bonchev–Trinajstić information content (AvgIpc) is 3.36. The molecule has 0 saturated heterocycles. The van der Waals surface area contributed by atoms with E-state index in [0.717, 1.165) is 17.0 Å². The summed E-state index contributed by atoms with van der Waals surface area (Å²) < 4.78 is 0. The van der Waals surface area contributed by atoms with Gasteiger partial charge in [-0.15, -0.1) is 0 Å². The van der Waals surface area contributed by atoms with Gasteiger partial charge in [0.15, 0.2) is 0 Å². The lowest BCUT2D eigenvalue weighted by Gasteiger charge is -2.24. The van der Waals surface area contributed by atoms with Gasteiger partial charge in [-0.3, -0.25) is 9.97 Å². The van der Waals surface area contributed by atoms with E-state index in [9.17, 15) is 0 Å². The van der Waals surface area contributed by atoms with Crippen LogP contribution >= 0.6 is 0 Å². The molecule has 222 valence electrons. The van der Waals surface area contributed by atoms with E-state index in [1.54, 1.807) is 0 Å². The molecule has 0 bridgehead atoms. The fourth-order valence-electron chi connectivity index (χ4n) is 7.75. The van der Waals surface area contributed by atoms with Crippen LogP contribution in [0.25, 0.3) is 77.4 Å². The molecule has 0 unspecified atom stereocenters. The molecule has 0 saturated carbocycles. The first-order chi connectivity index (χ1) is 23.1. The monoisotopic (exact) mass is 600 g/mol. The molecule has 0 spiro atoms. The van der Waals surface area contributed by atoms with Crippen LogP contribution in [-0.2, 0) is 5.41 Å². The van der Waals surface area contributed by atoms with Gasteiger partial charge in [-0.25, -0.2) is 0 Å². The zero-order valence-electron chi connectivity index (χ0n) is 26.4. The fourth-order valence-corrected chi connectivity index (χ4v) is 7.75. The Labute approximate surface area is 275 Å². The molecular weight excluding hydrogens is 569 g/mol. The van der Waals surface area contributed by atoms with Gasteiger partial charge in [0.05, 0.1) is 11.4 Å². The van der Waals surface area contributed by atoms with E-state index in [2.05, 4.69) is 146 Å². The van der Waals surface area contributed by atoms with Crippen molar-refractivity contribution in [2.24, 2.45) is 0 Å². The van der Waals surface area contributed by atoms with Crippen molar-refractivity contribution in [2.75, 3.05) is 0 Å². The summed E-state index contributed by atoms with van der Waals surface area (Å²) in [5, 5.41) is 4.95. The van der Waals surface area contributed by atoms with Crippen LogP contribution in [0.1, 0.15) is 25.0 Å². The van der Waals surface area contributed by atoms with Gasteiger partial charge in [-0.1, -0.05) is 129 Å². The number of fused-ring (bicyclic) bond motifs is 5. The van der Waals surface area contributed by atoms with Crippen LogP contribution < -0.4 is 0 Å². The topological polar surface area (TPSA) is 25.8 Å². The zero-order valence-corrected chi connectivity index (χ0v) is 26.4. The third-order valence-electron chi connectivity index (χ3n) is 9.99. The van der Waals surface area contributed by atoms with Gasteiger partial charge in [0.2, 0.25) is 0 Å². The van der Waals surface area contributed by atoms with Crippen LogP contribution in [0.2, 0.25) is 0 Å². The molecule has 0 aliphatic heterocycles. The molecule has 6 aromatic carbocycles. The maximum absolute atomic E-state index is 4.94. The Morgan fingerprint density at radius 3 is 1.79 bits per heavy atom. The van der Waals surface area contributed by atoms with E-state index >= 15 is 0 Å². The first-order valence-corrected chi connectivity index (χ1v) is 16.2. The van der Waals surface area contributed by atoms with Crippen molar-refractivity contribution >= 4 is 21.5 Å². The summed E-state index contributed by atoms with van der Waals surface area (Å²) in [5.41, 5.74) is 14.3. The largest absolute Gasteiger partial charge is 0.255 e. The molecule has 47 heavy (non-hydrogen) atoms. The minimum atomic E-state index is -0.119. The SMILES string of the molecule is CC1(C)c2ccccc2-c2cc3c(-c4ccccc4-c4ccccc4)c4ccccc4c(-c4ccc(-c5ccccn5)nc4)c3cc21. The predicted molar refractivity (Wildman–Crippen MR) is 196 cm³/mol. The second kappa shape index (κ2) is 10.6. The van der Waals surface area contributed by atoms with Crippen molar-refractivity contribution in [1.82, 2.24) is 9.97 Å². The van der Waals surface area contributed by atoms with Gasteiger partial charge < -0.3 is 0 Å². The molecule has 2 heteroatoms. The number of nitrogens with zero attached hydrogens (tertiary/aromatic N) is 2. The minimum absolute atomic E-state index is 0.119. The predicted octanol–water partition coefficient (Wildman–Crippen LogP) is 11.8. The van der Waals surface area contributed by atoms with Crippen molar-refractivity contribution in [3.8, 4) is 55.9 Å². The molecule has 0 fully saturated rings. The summed E-state index contributed by atoms with van der Waals surface area (Å²) >= 11 is 0. The second-order valence-corrected chi connectivity index (χ2v) is 13.0. The highest BCUT2D eigenvalue weighted by atomic mass is 14.8. The highest BCUT2D eigenvalue weighted by molar-refractivity contribution is 6.23. The summed E-state index contributed by atoms with van der Waals surface area (Å²) in [5.74, 6) is 0. The number of hydrogen-bond donors (Lipinski definition) is 0. The highest BCUT2D eigenvalue weighted by Crippen LogP contribution is 2.53. The number of hydrogen-bond acceptors (Lipinski definition) is 2. The van der Waals surface area contributed by atoms with Gasteiger partial charge in [-0.2, -0.15) is 0 Å². The Balaban J connectivity index is 1.41. The Bertz CT molecular complexity index is 2460. The molecule has 0 amide bonds. The number of benzene rings is 6. The molecule has 2 nitrogen and oxygen atoms in total. The average molecular weight is 601 g/mol. The van der Waals surface area contributed by atoms with Crippen molar-refractivity contribution in [1.29, 1.82) is 0 Å². The Morgan fingerprint density at radius 1 is 0.404 bits per heavy atom. The van der Waals surface area contributed by atoms with Crippen LogP contribution in [0.3, 0.4) is 0 Å². The van der Waals surface area contributed by atoms with E-state index in [0.29, 0.717) is 0 Å². The Morgan fingerprint density at radius 2 is 1.04 bits per heavy atom. The molecular formula is C45H32N2. The van der Waals surface area contributed by atoms with Crippen molar-refractivity contribution in [2.45, 2.75) is 19.3 Å². The third kappa shape index (κ3) is 4.26. The number of aromatic nitrogens is 2. The zero-order chi connectivity index (χ0) is 31.5. The first-order valence-electron chi connectivity index (χ1n) is 16.2. The fraction of sp³-hybridized carbons (Fsp3) is 0.0667. The van der Waals surface area contributed by atoms with E-state index in [4.69, 9.17) is 4.98 Å². The lowest BCUT2D eigenvalue weighted by atomic mass is 9.79. The minimum Gasteiger partial charge on any atom is -0.255 e. The van der Waals surface area contributed by atoms with E-state index in [1.165, 1.54) is 71.6 Å². The van der Waals surface area contributed by atoms with Crippen LogP contribution in [0, 0.1) is 0 Å². The van der Waals surface area contributed by atoms with Gasteiger partial charge in [0, 0.05) is 23.4 Å². The van der Waals surface area contributed by atoms with E-state index in [-0.39, 0.29) is 5.41 Å². The smallest absolute Gasteiger partial charge is 0.0886 e. The van der Waals surface area contributed by atoms with Gasteiger partial charge in [0.25, 0.3) is 0 Å². The van der Waals surface area contributed by atoms with Gasteiger partial charge >= 0.3 is 0 Å². The molecule has 8 aromatic rings. The first kappa shape index (κ1) is 27.5. The van der Waals surface area contributed by atoms with Gasteiger partial charge in [-0.05, 0) is 102 Å². The third-order valence-corrected chi connectivity index (χ3v) is 9.99. The van der Waals surface area contributed by atoms with Crippen LogP contribution in [0.15, 0.2) is 158 Å². The summed E-state index contributed by atoms with van der Waals surface area (Å²) in [6.07, 6.45) is 3.84.